The van der Waals surface area contributed by atoms with Gasteiger partial charge in [-0.2, -0.15) is 0 Å². The number of hydrogen-bond acceptors (Lipinski definition) is 2. The molecule has 1 aliphatic heterocycles. The Bertz CT molecular complexity index is 377. The molecular formula is C16H25NS. The van der Waals surface area contributed by atoms with Gasteiger partial charge >= 0.3 is 0 Å². The molecule has 0 saturated heterocycles. The fourth-order valence-corrected chi connectivity index (χ4v) is 4.10. The summed E-state index contributed by atoms with van der Waals surface area (Å²) in [6.45, 7) is 7.96. The minimum Gasteiger partial charge on any atom is -0.314 e. The third-order valence-electron chi connectivity index (χ3n) is 4.04. The second kappa shape index (κ2) is 6.63. The van der Waals surface area contributed by atoms with Gasteiger partial charge in [-0.3, -0.25) is 0 Å². The van der Waals surface area contributed by atoms with E-state index in [-0.39, 0.29) is 0 Å². The van der Waals surface area contributed by atoms with Crippen molar-refractivity contribution in [3.05, 3.63) is 29.8 Å². The van der Waals surface area contributed by atoms with Crippen LogP contribution < -0.4 is 5.32 Å². The number of likely N-dealkylation sites (N-methyl/N-ethyl adjacent to an activating group) is 1. The highest BCUT2D eigenvalue weighted by molar-refractivity contribution is 7.99. The van der Waals surface area contributed by atoms with Crippen molar-refractivity contribution in [2.45, 2.75) is 50.5 Å². The zero-order valence-electron chi connectivity index (χ0n) is 11.8. The average Bonchev–Trinajstić information content (AvgIpc) is 2.82. The zero-order chi connectivity index (χ0) is 13.0. The van der Waals surface area contributed by atoms with E-state index in [9.17, 15) is 0 Å². The van der Waals surface area contributed by atoms with Gasteiger partial charge in [0.2, 0.25) is 0 Å². The summed E-state index contributed by atoms with van der Waals surface area (Å²) in [5, 5.41) is 3.72. The molecule has 0 radical (unpaired) electrons. The Labute approximate surface area is 116 Å². The van der Waals surface area contributed by atoms with Crippen LogP contribution in [0.1, 0.15) is 45.1 Å². The Morgan fingerprint density at radius 2 is 2.11 bits per heavy atom. The molecule has 0 aliphatic carbocycles. The van der Waals surface area contributed by atoms with Gasteiger partial charge in [0.15, 0.2) is 0 Å². The Morgan fingerprint density at radius 3 is 2.83 bits per heavy atom. The van der Waals surface area contributed by atoms with Crippen molar-refractivity contribution < 1.29 is 0 Å². The van der Waals surface area contributed by atoms with Crippen LogP contribution in [0.3, 0.4) is 0 Å². The topological polar surface area (TPSA) is 12.0 Å². The Balaban J connectivity index is 2.12. The number of benzene rings is 1. The Morgan fingerprint density at radius 1 is 1.33 bits per heavy atom. The van der Waals surface area contributed by atoms with Crippen molar-refractivity contribution in [2.24, 2.45) is 5.92 Å². The molecule has 0 fully saturated rings. The second-order valence-corrected chi connectivity index (χ2v) is 6.43. The van der Waals surface area contributed by atoms with E-state index in [2.05, 4.69) is 50.4 Å². The summed E-state index contributed by atoms with van der Waals surface area (Å²) in [5.41, 5.74) is 1.57. The third kappa shape index (κ3) is 3.10. The van der Waals surface area contributed by atoms with Crippen molar-refractivity contribution in [1.82, 2.24) is 5.32 Å². The molecule has 1 aliphatic rings. The lowest BCUT2D eigenvalue weighted by Gasteiger charge is -2.27. The number of hydrogen-bond donors (Lipinski definition) is 1. The number of nitrogens with one attached hydrogen (secondary N) is 1. The van der Waals surface area contributed by atoms with E-state index in [1.54, 1.807) is 5.56 Å². The van der Waals surface area contributed by atoms with Crippen LogP contribution >= 0.6 is 11.8 Å². The SMILES string of the molecule is CCNC(CC(C)CC)C1CSc2ccccc21. The van der Waals surface area contributed by atoms with Gasteiger partial charge in [0, 0.05) is 22.6 Å². The van der Waals surface area contributed by atoms with Gasteiger partial charge < -0.3 is 5.32 Å². The summed E-state index contributed by atoms with van der Waals surface area (Å²) in [4.78, 5) is 1.49. The van der Waals surface area contributed by atoms with Gasteiger partial charge in [0.05, 0.1) is 0 Å². The van der Waals surface area contributed by atoms with E-state index in [1.807, 2.05) is 11.8 Å². The van der Waals surface area contributed by atoms with Crippen LogP contribution in [0.15, 0.2) is 29.2 Å². The summed E-state index contributed by atoms with van der Waals surface area (Å²) in [6.07, 6.45) is 2.58. The predicted molar refractivity (Wildman–Crippen MR) is 81.4 cm³/mol. The highest BCUT2D eigenvalue weighted by Crippen LogP contribution is 2.42. The van der Waals surface area contributed by atoms with Crippen molar-refractivity contribution in [2.75, 3.05) is 12.3 Å². The van der Waals surface area contributed by atoms with Crippen molar-refractivity contribution >= 4 is 11.8 Å². The molecule has 2 heteroatoms. The lowest BCUT2D eigenvalue weighted by molar-refractivity contribution is 0.365. The molecule has 18 heavy (non-hydrogen) atoms. The fourth-order valence-electron chi connectivity index (χ4n) is 2.77. The highest BCUT2D eigenvalue weighted by Gasteiger charge is 2.30. The molecular weight excluding hydrogens is 238 g/mol. The standard InChI is InChI=1S/C16H25NS/c1-4-12(3)10-15(17-5-2)14-11-18-16-9-7-6-8-13(14)16/h6-9,12,14-15,17H,4-5,10-11H2,1-3H3. The molecule has 1 aromatic carbocycles. The summed E-state index contributed by atoms with van der Waals surface area (Å²) in [7, 11) is 0. The van der Waals surface area contributed by atoms with E-state index >= 15 is 0 Å². The van der Waals surface area contributed by atoms with Crippen molar-refractivity contribution in [3.8, 4) is 0 Å². The lowest BCUT2D eigenvalue weighted by atomic mass is 9.86. The molecule has 0 spiro atoms. The van der Waals surface area contributed by atoms with E-state index in [1.165, 1.54) is 23.5 Å². The Hall–Kier alpha value is -0.470. The maximum Gasteiger partial charge on any atom is 0.0147 e. The highest BCUT2D eigenvalue weighted by atomic mass is 32.2. The molecule has 100 valence electrons. The normalized spacial score (nSPS) is 21.6. The Kier molecular flexibility index (Phi) is 5.13. The number of thioether (sulfide) groups is 1. The van der Waals surface area contributed by atoms with Crippen molar-refractivity contribution in [3.63, 3.8) is 0 Å². The van der Waals surface area contributed by atoms with E-state index < -0.39 is 0 Å². The largest absolute Gasteiger partial charge is 0.314 e. The second-order valence-electron chi connectivity index (χ2n) is 5.37. The molecule has 2 rings (SSSR count). The molecule has 0 saturated carbocycles. The van der Waals surface area contributed by atoms with E-state index in [0.717, 1.165) is 12.5 Å². The van der Waals surface area contributed by atoms with Crippen LogP contribution in [0.4, 0.5) is 0 Å². The van der Waals surface area contributed by atoms with Crippen LogP contribution in [0, 0.1) is 5.92 Å². The molecule has 0 amide bonds. The lowest BCUT2D eigenvalue weighted by Crippen LogP contribution is -2.36. The molecule has 0 bridgehead atoms. The minimum absolute atomic E-state index is 0.640. The van der Waals surface area contributed by atoms with Crippen LogP contribution in [0.2, 0.25) is 0 Å². The summed E-state index contributed by atoms with van der Waals surface area (Å²) < 4.78 is 0. The first-order chi connectivity index (χ1) is 8.76. The van der Waals surface area contributed by atoms with Crippen LogP contribution in [0.25, 0.3) is 0 Å². The fraction of sp³-hybridized carbons (Fsp3) is 0.625. The van der Waals surface area contributed by atoms with Gasteiger partial charge in [-0.1, -0.05) is 45.4 Å². The first-order valence-electron chi connectivity index (χ1n) is 7.21. The maximum absolute atomic E-state index is 3.72. The first-order valence-corrected chi connectivity index (χ1v) is 8.19. The van der Waals surface area contributed by atoms with Crippen LogP contribution in [-0.2, 0) is 0 Å². The quantitative estimate of drug-likeness (QED) is 0.821. The maximum atomic E-state index is 3.72. The van der Waals surface area contributed by atoms with Gasteiger partial charge in [-0.25, -0.2) is 0 Å². The van der Waals surface area contributed by atoms with Crippen molar-refractivity contribution in [1.29, 1.82) is 0 Å². The number of fused-ring (bicyclic) bond motifs is 1. The molecule has 1 heterocycles. The summed E-state index contributed by atoms with van der Waals surface area (Å²) in [5.74, 6) is 2.75. The summed E-state index contributed by atoms with van der Waals surface area (Å²) in [6, 6.07) is 9.57. The van der Waals surface area contributed by atoms with Gasteiger partial charge in [0.25, 0.3) is 0 Å². The molecule has 3 unspecified atom stereocenters. The predicted octanol–water partition coefficient (Wildman–Crippen LogP) is 4.29. The smallest absolute Gasteiger partial charge is 0.0147 e. The average molecular weight is 263 g/mol. The van der Waals surface area contributed by atoms with Gasteiger partial charge in [-0.15, -0.1) is 11.8 Å². The van der Waals surface area contributed by atoms with Crippen LogP contribution in [-0.4, -0.2) is 18.3 Å². The van der Waals surface area contributed by atoms with E-state index in [4.69, 9.17) is 0 Å². The first kappa shape index (κ1) is 14.0. The van der Waals surface area contributed by atoms with Gasteiger partial charge in [0.1, 0.15) is 0 Å². The molecule has 0 aromatic heterocycles. The zero-order valence-corrected chi connectivity index (χ0v) is 12.6. The molecule has 1 nitrogen and oxygen atoms in total. The van der Waals surface area contributed by atoms with Crippen LogP contribution in [0.5, 0.6) is 0 Å². The molecule has 1 aromatic rings. The monoisotopic (exact) mass is 263 g/mol. The van der Waals surface area contributed by atoms with Gasteiger partial charge in [-0.05, 0) is 30.5 Å². The molecule has 3 atom stereocenters. The van der Waals surface area contributed by atoms with E-state index in [0.29, 0.717) is 12.0 Å². The number of rotatable bonds is 6. The third-order valence-corrected chi connectivity index (χ3v) is 5.25. The summed E-state index contributed by atoms with van der Waals surface area (Å²) >= 11 is 2.02. The minimum atomic E-state index is 0.640. The molecule has 1 N–H and O–H groups in total.